The fourth-order valence-corrected chi connectivity index (χ4v) is 3.39. The van der Waals surface area contributed by atoms with Crippen molar-refractivity contribution in [3.8, 4) is 5.75 Å². The van der Waals surface area contributed by atoms with Crippen molar-refractivity contribution in [2.24, 2.45) is 5.92 Å². The SMILES string of the molecule is CCCCOc1ccc(NC(=O)N2CCC(COCc3ccccc3)CC2)cc1. The van der Waals surface area contributed by atoms with Crippen LogP contribution in [0.25, 0.3) is 0 Å². The lowest BCUT2D eigenvalue weighted by molar-refractivity contribution is 0.0640. The van der Waals surface area contributed by atoms with Gasteiger partial charge in [0.15, 0.2) is 0 Å². The maximum atomic E-state index is 12.5. The van der Waals surface area contributed by atoms with Gasteiger partial charge in [-0.15, -0.1) is 0 Å². The average Bonchev–Trinajstić information content (AvgIpc) is 2.76. The minimum absolute atomic E-state index is 0.0340. The van der Waals surface area contributed by atoms with Crippen LogP contribution in [0.3, 0.4) is 0 Å². The molecule has 0 atom stereocenters. The lowest BCUT2D eigenvalue weighted by atomic mass is 9.98. The van der Waals surface area contributed by atoms with Gasteiger partial charge in [0.25, 0.3) is 0 Å². The number of benzene rings is 2. The van der Waals surface area contributed by atoms with Crippen molar-refractivity contribution in [1.29, 1.82) is 0 Å². The molecule has 29 heavy (non-hydrogen) atoms. The molecule has 0 unspecified atom stereocenters. The number of nitrogens with zero attached hydrogens (tertiary/aromatic N) is 1. The van der Waals surface area contributed by atoms with Gasteiger partial charge in [-0.3, -0.25) is 0 Å². The molecule has 1 heterocycles. The van der Waals surface area contributed by atoms with Gasteiger partial charge in [0.2, 0.25) is 0 Å². The topological polar surface area (TPSA) is 50.8 Å². The van der Waals surface area contributed by atoms with E-state index >= 15 is 0 Å². The third-order valence-corrected chi connectivity index (χ3v) is 5.24. The number of unbranched alkanes of at least 4 members (excludes halogenated alkanes) is 1. The summed E-state index contributed by atoms with van der Waals surface area (Å²) in [5.74, 6) is 1.36. The Kier molecular flexibility index (Phi) is 8.38. The second-order valence-electron chi connectivity index (χ2n) is 7.59. The highest BCUT2D eigenvalue weighted by Crippen LogP contribution is 2.20. The first-order valence-electron chi connectivity index (χ1n) is 10.6. The van der Waals surface area contributed by atoms with Gasteiger partial charge in [0.05, 0.1) is 13.2 Å². The van der Waals surface area contributed by atoms with Gasteiger partial charge in [-0.05, 0) is 55.0 Å². The number of rotatable bonds is 9. The predicted octanol–water partition coefficient (Wildman–Crippen LogP) is 5.33. The van der Waals surface area contributed by atoms with Gasteiger partial charge in [0, 0.05) is 25.4 Å². The molecule has 0 saturated carbocycles. The number of likely N-dealkylation sites (tertiary alicyclic amines) is 1. The molecule has 1 aliphatic heterocycles. The summed E-state index contributed by atoms with van der Waals surface area (Å²) in [4.78, 5) is 14.4. The fraction of sp³-hybridized carbons (Fsp3) is 0.458. The van der Waals surface area contributed by atoms with Crippen LogP contribution in [0.4, 0.5) is 10.5 Å². The van der Waals surface area contributed by atoms with Crippen LogP contribution >= 0.6 is 0 Å². The summed E-state index contributed by atoms with van der Waals surface area (Å²) in [7, 11) is 0. The monoisotopic (exact) mass is 396 g/mol. The Morgan fingerprint density at radius 1 is 1.07 bits per heavy atom. The lowest BCUT2D eigenvalue weighted by Gasteiger charge is -2.32. The number of ether oxygens (including phenoxy) is 2. The zero-order valence-electron chi connectivity index (χ0n) is 17.3. The molecule has 0 spiro atoms. The quantitative estimate of drug-likeness (QED) is 0.583. The number of carbonyl (C=O) groups excluding carboxylic acids is 1. The number of piperidine rings is 1. The molecule has 1 saturated heterocycles. The van der Waals surface area contributed by atoms with E-state index in [-0.39, 0.29) is 6.03 Å². The Morgan fingerprint density at radius 3 is 2.48 bits per heavy atom. The molecule has 2 aromatic rings. The minimum atomic E-state index is -0.0340. The number of hydrogen-bond donors (Lipinski definition) is 1. The summed E-state index contributed by atoms with van der Waals surface area (Å²) < 4.78 is 11.5. The minimum Gasteiger partial charge on any atom is -0.494 e. The van der Waals surface area contributed by atoms with Crippen LogP contribution in [-0.2, 0) is 11.3 Å². The fourth-order valence-electron chi connectivity index (χ4n) is 3.39. The highest BCUT2D eigenvalue weighted by atomic mass is 16.5. The molecule has 0 radical (unpaired) electrons. The average molecular weight is 397 g/mol. The van der Waals surface area contributed by atoms with E-state index in [1.807, 2.05) is 47.4 Å². The lowest BCUT2D eigenvalue weighted by Crippen LogP contribution is -2.41. The molecular formula is C24H32N2O3. The smallest absolute Gasteiger partial charge is 0.321 e. The summed E-state index contributed by atoms with van der Waals surface area (Å²) in [6.45, 7) is 5.81. The van der Waals surface area contributed by atoms with Crippen molar-refractivity contribution < 1.29 is 14.3 Å². The van der Waals surface area contributed by atoms with Crippen LogP contribution in [0, 0.1) is 5.92 Å². The number of amides is 2. The van der Waals surface area contributed by atoms with Crippen molar-refractivity contribution in [3.05, 3.63) is 60.2 Å². The van der Waals surface area contributed by atoms with Crippen molar-refractivity contribution in [2.45, 2.75) is 39.2 Å². The van der Waals surface area contributed by atoms with Crippen LogP contribution < -0.4 is 10.1 Å². The van der Waals surface area contributed by atoms with Gasteiger partial charge in [-0.2, -0.15) is 0 Å². The summed E-state index contributed by atoms with van der Waals surface area (Å²) in [5, 5.41) is 2.99. The van der Waals surface area contributed by atoms with Crippen molar-refractivity contribution >= 4 is 11.7 Å². The summed E-state index contributed by atoms with van der Waals surface area (Å²) in [6, 6.07) is 17.8. The Labute approximate surface area is 174 Å². The van der Waals surface area contributed by atoms with E-state index in [9.17, 15) is 4.79 Å². The van der Waals surface area contributed by atoms with E-state index in [0.29, 0.717) is 12.5 Å². The molecule has 2 aromatic carbocycles. The summed E-state index contributed by atoms with van der Waals surface area (Å²) in [5.41, 5.74) is 2.00. The molecule has 5 heteroatoms. The normalized spacial score (nSPS) is 14.6. The largest absolute Gasteiger partial charge is 0.494 e. The second kappa shape index (κ2) is 11.5. The van der Waals surface area contributed by atoms with Crippen molar-refractivity contribution in [2.75, 3.05) is 31.6 Å². The molecule has 3 rings (SSSR count). The Morgan fingerprint density at radius 2 is 1.79 bits per heavy atom. The zero-order valence-corrected chi connectivity index (χ0v) is 17.3. The van der Waals surface area contributed by atoms with Crippen LogP contribution in [0.15, 0.2) is 54.6 Å². The van der Waals surface area contributed by atoms with E-state index in [1.165, 1.54) is 5.56 Å². The van der Waals surface area contributed by atoms with Crippen molar-refractivity contribution in [1.82, 2.24) is 4.90 Å². The molecule has 5 nitrogen and oxygen atoms in total. The Bertz CT molecular complexity index is 726. The Hall–Kier alpha value is -2.53. The van der Waals surface area contributed by atoms with E-state index in [1.54, 1.807) is 0 Å². The van der Waals surface area contributed by atoms with Gasteiger partial charge in [-0.1, -0.05) is 43.7 Å². The van der Waals surface area contributed by atoms with Gasteiger partial charge in [-0.25, -0.2) is 4.79 Å². The standard InChI is InChI=1S/C24H32N2O3/c1-2-3-17-29-23-11-9-22(10-12-23)25-24(27)26-15-13-21(14-16-26)19-28-18-20-7-5-4-6-8-20/h4-12,21H,2-3,13-19H2,1H3,(H,25,27). The maximum absolute atomic E-state index is 12.5. The number of hydrogen-bond acceptors (Lipinski definition) is 3. The second-order valence-corrected chi connectivity index (χ2v) is 7.59. The van der Waals surface area contributed by atoms with Crippen LogP contribution in [0.5, 0.6) is 5.75 Å². The number of anilines is 1. The molecule has 2 amide bonds. The summed E-state index contributed by atoms with van der Waals surface area (Å²) >= 11 is 0. The number of urea groups is 1. The van der Waals surface area contributed by atoms with Crippen LogP contribution in [0.1, 0.15) is 38.2 Å². The molecule has 0 aliphatic carbocycles. The van der Waals surface area contributed by atoms with Crippen LogP contribution in [-0.4, -0.2) is 37.2 Å². The molecule has 1 fully saturated rings. The van der Waals surface area contributed by atoms with Gasteiger partial charge in [0.1, 0.15) is 5.75 Å². The molecule has 1 N–H and O–H groups in total. The Balaban J connectivity index is 1.35. The molecule has 1 aliphatic rings. The maximum Gasteiger partial charge on any atom is 0.321 e. The third-order valence-electron chi connectivity index (χ3n) is 5.24. The van der Waals surface area contributed by atoms with Crippen molar-refractivity contribution in [3.63, 3.8) is 0 Å². The van der Waals surface area contributed by atoms with Crippen LogP contribution in [0.2, 0.25) is 0 Å². The van der Waals surface area contributed by atoms with Gasteiger partial charge < -0.3 is 19.7 Å². The van der Waals surface area contributed by atoms with E-state index in [2.05, 4.69) is 24.4 Å². The van der Waals surface area contributed by atoms with E-state index in [0.717, 1.165) is 63.4 Å². The zero-order chi connectivity index (χ0) is 20.3. The summed E-state index contributed by atoms with van der Waals surface area (Å²) in [6.07, 6.45) is 4.12. The van der Waals surface area contributed by atoms with Gasteiger partial charge >= 0.3 is 6.03 Å². The van der Waals surface area contributed by atoms with E-state index < -0.39 is 0 Å². The highest BCUT2D eigenvalue weighted by Gasteiger charge is 2.23. The van der Waals surface area contributed by atoms with E-state index in [4.69, 9.17) is 9.47 Å². The molecule has 156 valence electrons. The first-order chi connectivity index (χ1) is 14.2. The predicted molar refractivity (Wildman–Crippen MR) is 116 cm³/mol. The number of nitrogens with one attached hydrogen (secondary N) is 1. The molecule has 0 bridgehead atoms. The third kappa shape index (κ3) is 7.09. The first-order valence-corrected chi connectivity index (χ1v) is 10.6. The molecule has 0 aromatic heterocycles. The highest BCUT2D eigenvalue weighted by molar-refractivity contribution is 5.89. The first kappa shape index (κ1) is 21.2. The number of carbonyl (C=O) groups is 1. The molecular weight excluding hydrogens is 364 g/mol.